The normalized spacial score (nSPS) is 12.9. The Hall–Kier alpha value is -3.48. The van der Waals surface area contributed by atoms with Crippen molar-refractivity contribution >= 4 is 44.3 Å². The predicted molar refractivity (Wildman–Crippen MR) is 165 cm³/mol. The Labute approximate surface area is 252 Å². The zero-order valence-corrected chi connectivity index (χ0v) is 26.2. The number of thiophene rings is 1. The minimum absolute atomic E-state index is 0.0408. The highest BCUT2D eigenvalue weighted by Crippen LogP contribution is 2.38. The van der Waals surface area contributed by atoms with Crippen LogP contribution in [-0.4, -0.2) is 79.8 Å². The number of fused-ring (bicyclic) bond motifs is 1. The molecule has 1 aliphatic heterocycles. The van der Waals surface area contributed by atoms with Gasteiger partial charge in [0.25, 0.3) is 11.8 Å². The second kappa shape index (κ2) is 15.1. The molecule has 0 unspecified atom stereocenters. The fraction of sp³-hybridized carbons (Fsp3) is 0.433. The first-order valence-electron chi connectivity index (χ1n) is 14.1. The van der Waals surface area contributed by atoms with Crippen molar-refractivity contribution in [1.82, 2.24) is 14.1 Å². The van der Waals surface area contributed by atoms with Crippen molar-refractivity contribution in [3.05, 3.63) is 71.1 Å². The maximum atomic E-state index is 13.8. The van der Waals surface area contributed by atoms with Gasteiger partial charge >= 0.3 is 6.09 Å². The molecule has 3 rings (SSSR count). The van der Waals surface area contributed by atoms with E-state index in [1.807, 2.05) is 13.8 Å². The van der Waals surface area contributed by atoms with E-state index in [9.17, 15) is 22.8 Å². The number of benzene rings is 1. The fourth-order valence-electron chi connectivity index (χ4n) is 4.76. The highest BCUT2D eigenvalue weighted by molar-refractivity contribution is 7.89. The molecule has 10 nitrogen and oxygen atoms in total. The molecule has 42 heavy (non-hydrogen) atoms. The van der Waals surface area contributed by atoms with Crippen molar-refractivity contribution in [2.45, 2.75) is 51.5 Å². The molecule has 228 valence electrons. The van der Waals surface area contributed by atoms with Crippen LogP contribution >= 0.6 is 11.3 Å². The van der Waals surface area contributed by atoms with Gasteiger partial charge in [-0.1, -0.05) is 26.0 Å². The summed E-state index contributed by atoms with van der Waals surface area (Å²) < 4.78 is 32.5. The van der Waals surface area contributed by atoms with Crippen molar-refractivity contribution in [1.29, 1.82) is 0 Å². The Kier molecular flexibility index (Phi) is 11.9. The van der Waals surface area contributed by atoms with Crippen molar-refractivity contribution in [3.8, 4) is 0 Å². The number of hydrogen-bond acceptors (Lipinski definition) is 7. The molecule has 1 N–H and O–H groups in total. The molecule has 0 bridgehead atoms. The third-order valence-corrected chi connectivity index (χ3v) is 9.70. The van der Waals surface area contributed by atoms with E-state index in [1.54, 1.807) is 16.7 Å². The van der Waals surface area contributed by atoms with Crippen molar-refractivity contribution in [2.24, 2.45) is 0 Å². The van der Waals surface area contributed by atoms with Crippen LogP contribution in [-0.2, 0) is 27.7 Å². The molecule has 3 amide bonds. The molecule has 0 spiro atoms. The summed E-state index contributed by atoms with van der Waals surface area (Å²) in [6, 6.07) is 5.66. The number of amides is 3. The van der Waals surface area contributed by atoms with Gasteiger partial charge in [-0.3, -0.25) is 9.59 Å². The molecule has 0 fully saturated rings. The van der Waals surface area contributed by atoms with E-state index in [2.05, 4.69) is 18.5 Å². The minimum atomic E-state index is -3.82. The van der Waals surface area contributed by atoms with Gasteiger partial charge in [0.1, 0.15) is 5.00 Å². The predicted octanol–water partition coefficient (Wildman–Crippen LogP) is 5.14. The van der Waals surface area contributed by atoms with Gasteiger partial charge in [0.15, 0.2) is 0 Å². The van der Waals surface area contributed by atoms with Gasteiger partial charge < -0.3 is 19.9 Å². The number of anilines is 1. The lowest BCUT2D eigenvalue weighted by molar-refractivity contribution is 0.0755. The summed E-state index contributed by atoms with van der Waals surface area (Å²) in [5.74, 6) is -0.623. The summed E-state index contributed by atoms with van der Waals surface area (Å²) in [6.45, 7) is 15.4. The summed E-state index contributed by atoms with van der Waals surface area (Å²) in [6.07, 6.45) is 4.63. The number of ether oxygens (including phenoxy) is 1. The lowest BCUT2D eigenvalue weighted by Gasteiger charge is -2.27. The Bertz CT molecular complexity index is 1390. The number of carbonyl (C=O) groups excluding carboxylic acids is 3. The Balaban J connectivity index is 1.94. The topological polar surface area (TPSA) is 116 Å². The average Bonchev–Trinajstić information content (AvgIpc) is 3.33. The van der Waals surface area contributed by atoms with Crippen LogP contribution in [0.15, 0.2) is 54.5 Å². The quantitative estimate of drug-likeness (QED) is 0.294. The molecule has 12 heteroatoms. The van der Waals surface area contributed by atoms with Gasteiger partial charge in [-0.2, -0.15) is 4.31 Å². The molecule has 0 atom stereocenters. The van der Waals surface area contributed by atoms with Gasteiger partial charge in [0, 0.05) is 43.2 Å². The second-order valence-corrected chi connectivity index (χ2v) is 12.8. The van der Waals surface area contributed by atoms with Crippen molar-refractivity contribution in [2.75, 3.05) is 44.6 Å². The third-order valence-electron chi connectivity index (χ3n) is 6.72. The van der Waals surface area contributed by atoms with Gasteiger partial charge in [-0.05, 0) is 56.0 Å². The first kappa shape index (κ1) is 33.0. The van der Waals surface area contributed by atoms with Crippen LogP contribution in [0.2, 0.25) is 0 Å². The lowest BCUT2D eigenvalue weighted by Crippen LogP contribution is -2.37. The highest BCUT2D eigenvalue weighted by Gasteiger charge is 2.32. The molecule has 1 aromatic heterocycles. The summed E-state index contributed by atoms with van der Waals surface area (Å²) in [5.41, 5.74) is 1.53. The van der Waals surface area contributed by atoms with Gasteiger partial charge in [0.2, 0.25) is 10.0 Å². The van der Waals surface area contributed by atoms with Crippen LogP contribution in [0.3, 0.4) is 0 Å². The number of sulfonamides is 1. The number of nitrogens with one attached hydrogen (secondary N) is 1. The molecule has 1 aromatic carbocycles. The van der Waals surface area contributed by atoms with E-state index < -0.39 is 22.0 Å². The van der Waals surface area contributed by atoms with Crippen LogP contribution in [0, 0.1) is 0 Å². The second-order valence-electron chi connectivity index (χ2n) is 9.75. The summed E-state index contributed by atoms with van der Waals surface area (Å²) in [4.78, 5) is 43.9. The maximum Gasteiger partial charge on any atom is 0.410 e. The maximum absolute atomic E-state index is 13.8. The number of nitrogens with zero attached hydrogens (tertiary/aromatic N) is 3. The third kappa shape index (κ3) is 7.47. The van der Waals surface area contributed by atoms with Gasteiger partial charge in [-0.15, -0.1) is 24.5 Å². The Morgan fingerprint density at radius 3 is 2.21 bits per heavy atom. The smallest absolute Gasteiger partial charge is 0.410 e. The number of carbonyl (C=O) groups is 3. The zero-order chi connectivity index (χ0) is 30.9. The van der Waals surface area contributed by atoms with Gasteiger partial charge in [-0.25, -0.2) is 13.2 Å². The van der Waals surface area contributed by atoms with Crippen LogP contribution in [0.4, 0.5) is 9.80 Å². The Morgan fingerprint density at radius 2 is 1.67 bits per heavy atom. The number of hydrogen-bond donors (Lipinski definition) is 1. The molecular formula is C30H40N4O6S2. The fourth-order valence-corrected chi connectivity index (χ4v) is 7.39. The van der Waals surface area contributed by atoms with E-state index >= 15 is 0 Å². The van der Waals surface area contributed by atoms with E-state index in [0.717, 1.165) is 23.3 Å². The first-order chi connectivity index (χ1) is 20.1. The average molecular weight is 617 g/mol. The van der Waals surface area contributed by atoms with E-state index in [4.69, 9.17) is 4.74 Å². The molecule has 0 aliphatic carbocycles. The SMILES string of the molecule is C=CCN(CC=C)S(=O)(=O)c1ccc(C(=O)Nc2sc3c(c2C(=O)N(CCC)CCC)CCN(C(=O)OCC)C3)cc1. The summed E-state index contributed by atoms with van der Waals surface area (Å²) in [7, 11) is -3.82. The molecular weight excluding hydrogens is 576 g/mol. The van der Waals surface area contributed by atoms with Crippen LogP contribution in [0.5, 0.6) is 0 Å². The molecule has 0 saturated heterocycles. The zero-order valence-electron chi connectivity index (χ0n) is 24.6. The summed E-state index contributed by atoms with van der Waals surface area (Å²) >= 11 is 1.28. The summed E-state index contributed by atoms with van der Waals surface area (Å²) in [5, 5.41) is 3.32. The monoisotopic (exact) mass is 616 g/mol. The van der Waals surface area contributed by atoms with Crippen molar-refractivity contribution < 1.29 is 27.5 Å². The van der Waals surface area contributed by atoms with E-state index in [-0.39, 0.29) is 42.6 Å². The Morgan fingerprint density at radius 1 is 1.05 bits per heavy atom. The van der Waals surface area contributed by atoms with Crippen LogP contribution in [0.1, 0.15) is 64.8 Å². The first-order valence-corrected chi connectivity index (χ1v) is 16.4. The lowest BCUT2D eigenvalue weighted by atomic mass is 10.0. The van der Waals surface area contributed by atoms with Crippen LogP contribution in [0.25, 0.3) is 0 Å². The van der Waals surface area contributed by atoms with Crippen molar-refractivity contribution in [3.63, 3.8) is 0 Å². The minimum Gasteiger partial charge on any atom is -0.450 e. The highest BCUT2D eigenvalue weighted by atomic mass is 32.2. The molecule has 1 aliphatic rings. The van der Waals surface area contributed by atoms with E-state index in [1.165, 1.54) is 52.1 Å². The molecule has 0 radical (unpaired) electrons. The largest absolute Gasteiger partial charge is 0.450 e. The number of rotatable bonds is 14. The van der Waals surface area contributed by atoms with Gasteiger partial charge in [0.05, 0.1) is 23.6 Å². The van der Waals surface area contributed by atoms with E-state index in [0.29, 0.717) is 36.6 Å². The standard InChI is InChI=1S/C30H40N4O6S2/c1-6-16-32(17-7-2)29(36)26-24-15-20-33(30(37)40-10-5)21-25(24)41-28(26)31-27(35)22-11-13-23(14-12-22)42(38,39)34(18-8-3)19-9-4/h8-9,11-14H,3-4,6-7,10,15-21H2,1-2,5H3,(H,31,35). The molecule has 2 heterocycles. The molecule has 0 saturated carbocycles. The molecule has 2 aromatic rings. The van der Waals surface area contributed by atoms with Crippen LogP contribution < -0.4 is 5.32 Å².